The van der Waals surface area contributed by atoms with Crippen LogP contribution in [0.5, 0.6) is 11.5 Å². The van der Waals surface area contributed by atoms with Crippen LogP contribution in [0.25, 0.3) is 0 Å². The molecule has 2 saturated heterocycles. The molecule has 156 valence electrons. The lowest BCUT2D eigenvalue weighted by atomic mass is 10.0. The number of amides is 1. The first-order valence-electron chi connectivity index (χ1n) is 10.1. The Hall–Kier alpha value is -1.83. The number of ether oxygens (including phenoxy) is 4. The SMILES string of the molecule is COc1cc(CC(=O)N(CCN2CCOCC2)C2CCOCC2)cc(OC)c1. The number of methoxy groups -OCH3 is 2. The molecular weight excluding hydrogens is 360 g/mol. The molecule has 0 N–H and O–H groups in total. The predicted octanol–water partition coefficient (Wildman–Crippen LogP) is 1.59. The first kappa shape index (κ1) is 20.9. The molecule has 0 bridgehead atoms. The van der Waals surface area contributed by atoms with E-state index in [9.17, 15) is 4.79 Å². The molecule has 1 amide bonds. The van der Waals surface area contributed by atoms with Gasteiger partial charge in [-0.1, -0.05) is 0 Å². The molecule has 0 spiro atoms. The van der Waals surface area contributed by atoms with Crippen LogP contribution in [0.1, 0.15) is 18.4 Å². The van der Waals surface area contributed by atoms with Gasteiger partial charge in [-0.3, -0.25) is 9.69 Å². The van der Waals surface area contributed by atoms with E-state index in [1.807, 2.05) is 18.2 Å². The molecule has 0 atom stereocenters. The lowest BCUT2D eigenvalue weighted by Crippen LogP contribution is -2.49. The molecule has 0 unspecified atom stereocenters. The summed E-state index contributed by atoms with van der Waals surface area (Å²) >= 11 is 0. The average Bonchev–Trinajstić information content (AvgIpc) is 2.75. The molecule has 2 fully saturated rings. The average molecular weight is 392 g/mol. The van der Waals surface area contributed by atoms with Gasteiger partial charge in [0.1, 0.15) is 11.5 Å². The number of carbonyl (C=O) groups excluding carboxylic acids is 1. The van der Waals surface area contributed by atoms with Gasteiger partial charge in [0.2, 0.25) is 5.91 Å². The molecule has 0 aliphatic carbocycles. The summed E-state index contributed by atoms with van der Waals surface area (Å²) in [6.45, 7) is 6.48. The summed E-state index contributed by atoms with van der Waals surface area (Å²) in [5, 5.41) is 0. The highest BCUT2D eigenvalue weighted by atomic mass is 16.5. The lowest BCUT2D eigenvalue weighted by Gasteiger charge is -2.36. The Bertz CT molecular complexity index is 605. The smallest absolute Gasteiger partial charge is 0.227 e. The third-order valence-corrected chi connectivity index (χ3v) is 5.48. The van der Waals surface area contributed by atoms with Crippen LogP contribution in [-0.2, 0) is 20.7 Å². The van der Waals surface area contributed by atoms with Crippen molar-refractivity contribution in [2.75, 3.05) is 66.8 Å². The summed E-state index contributed by atoms with van der Waals surface area (Å²) in [5.74, 6) is 1.55. The summed E-state index contributed by atoms with van der Waals surface area (Å²) in [6.07, 6.45) is 2.14. The Kier molecular flexibility index (Phi) is 7.94. The van der Waals surface area contributed by atoms with E-state index in [0.717, 1.165) is 71.0 Å². The van der Waals surface area contributed by atoms with Gasteiger partial charge in [0.05, 0.1) is 33.9 Å². The Morgan fingerprint density at radius 3 is 2.25 bits per heavy atom. The number of hydrogen-bond acceptors (Lipinski definition) is 6. The van der Waals surface area contributed by atoms with E-state index in [2.05, 4.69) is 9.80 Å². The van der Waals surface area contributed by atoms with Crippen LogP contribution in [0.3, 0.4) is 0 Å². The van der Waals surface area contributed by atoms with Crippen molar-refractivity contribution in [2.45, 2.75) is 25.3 Å². The first-order valence-corrected chi connectivity index (χ1v) is 10.1. The monoisotopic (exact) mass is 392 g/mol. The van der Waals surface area contributed by atoms with Crippen molar-refractivity contribution in [3.8, 4) is 11.5 Å². The van der Waals surface area contributed by atoms with E-state index in [1.54, 1.807) is 14.2 Å². The molecule has 7 heteroatoms. The number of benzene rings is 1. The summed E-state index contributed by atoms with van der Waals surface area (Å²) in [7, 11) is 3.24. The number of carbonyl (C=O) groups is 1. The summed E-state index contributed by atoms with van der Waals surface area (Å²) in [6, 6.07) is 5.88. The molecule has 7 nitrogen and oxygen atoms in total. The van der Waals surface area contributed by atoms with Crippen molar-refractivity contribution in [2.24, 2.45) is 0 Å². The van der Waals surface area contributed by atoms with Crippen molar-refractivity contribution in [3.05, 3.63) is 23.8 Å². The second-order valence-electron chi connectivity index (χ2n) is 7.28. The first-order chi connectivity index (χ1) is 13.7. The highest BCUT2D eigenvalue weighted by Gasteiger charge is 2.26. The highest BCUT2D eigenvalue weighted by molar-refractivity contribution is 5.79. The third kappa shape index (κ3) is 5.83. The van der Waals surface area contributed by atoms with E-state index in [-0.39, 0.29) is 11.9 Å². The second-order valence-corrected chi connectivity index (χ2v) is 7.28. The van der Waals surface area contributed by atoms with Gasteiger partial charge in [0.15, 0.2) is 0 Å². The number of rotatable bonds is 8. The van der Waals surface area contributed by atoms with Gasteiger partial charge < -0.3 is 23.8 Å². The van der Waals surface area contributed by atoms with Crippen molar-refractivity contribution >= 4 is 5.91 Å². The molecule has 1 aromatic rings. The van der Waals surface area contributed by atoms with Gasteiger partial charge in [0.25, 0.3) is 0 Å². The number of nitrogens with zero attached hydrogens (tertiary/aromatic N) is 2. The normalized spacial score (nSPS) is 18.6. The van der Waals surface area contributed by atoms with Crippen molar-refractivity contribution < 1.29 is 23.7 Å². The van der Waals surface area contributed by atoms with E-state index in [4.69, 9.17) is 18.9 Å². The minimum Gasteiger partial charge on any atom is -0.497 e. The van der Waals surface area contributed by atoms with Crippen LogP contribution in [-0.4, -0.2) is 88.6 Å². The summed E-state index contributed by atoms with van der Waals surface area (Å²) in [5.41, 5.74) is 0.907. The molecule has 1 aromatic carbocycles. The summed E-state index contributed by atoms with van der Waals surface area (Å²) in [4.78, 5) is 17.7. The predicted molar refractivity (Wildman–Crippen MR) is 106 cm³/mol. The topological polar surface area (TPSA) is 60.5 Å². The Morgan fingerprint density at radius 2 is 1.64 bits per heavy atom. The molecule has 28 heavy (non-hydrogen) atoms. The zero-order chi connectivity index (χ0) is 19.8. The fourth-order valence-corrected chi connectivity index (χ4v) is 3.83. The lowest BCUT2D eigenvalue weighted by molar-refractivity contribution is -0.135. The zero-order valence-corrected chi connectivity index (χ0v) is 17.0. The maximum Gasteiger partial charge on any atom is 0.227 e. The minimum atomic E-state index is 0.149. The fourth-order valence-electron chi connectivity index (χ4n) is 3.83. The molecule has 2 aliphatic rings. The Morgan fingerprint density at radius 1 is 1.04 bits per heavy atom. The van der Waals surface area contributed by atoms with Crippen LogP contribution < -0.4 is 9.47 Å². The zero-order valence-electron chi connectivity index (χ0n) is 17.0. The molecule has 3 rings (SSSR count). The molecular formula is C21H32N2O5. The number of morpholine rings is 1. The van der Waals surface area contributed by atoms with Crippen LogP contribution in [0.15, 0.2) is 18.2 Å². The van der Waals surface area contributed by atoms with Crippen molar-refractivity contribution in [1.82, 2.24) is 9.80 Å². The standard InChI is InChI=1S/C21H32N2O5/c1-25-19-13-17(14-20(16-19)26-2)15-21(24)23(18-3-9-27-10-4-18)6-5-22-7-11-28-12-8-22/h13-14,16,18H,3-12,15H2,1-2H3. The van der Waals surface area contributed by atoms with Gasteiger partial charge in [-0.15, -0.1) is 0 Å². The van der Waals surface area contributed by atoms with Gasteiger partial charge in [-0.05, 0) is 30.5 Å². The highest BCUT2D eigenvalue weighted by Crippen LogP contribution is 2.24. The number of hydrogen-bond donors (Lipinski definition) is 0. The minimum absolute atomic E-state index is 0.149. The van der Waals surface area contributed by atoms with Gasteiger partial charge in [0, 0.05) is 51.5 Å². The van der Waals surface area contributed by atoms with Gasteiger partial charge >= 0.3 is 0 Å². The maximum absolute atomic E-state index is 13.2. The van der Waals surface area contributed by atoms with Gasteiger partial charge in [-0.25, -0.2) is 0 Å². The quantitative estimate of drug-likeness (QED) is 0.670. The van der Waals surface area contributed by atoms with E-state index in [0.29, 0.717) is 17.9 Å². The summed E-state index contributed by atoms with van der Waals surface area (Å²) < 4.78 is 21.6. The molecule has 0 radical (unpaired) electrons. The van der Waals surface area contributed by atoms with Crippen molar-refractivity contribution in [1.29, 1.82) is 0 Å². The van der Waals surface area contributed by atoms with Crippen molar-refractivity contribution in [3.63, 3.8) is 0 Å². The van der Waals surface area contributed by atoms with E-state index < -0.39 is 0 Å². The molecule has 2 heterocycles. The third-order valence-electron chi connectivity index (χ3n) is 5.48. The maximum atomic E-state index is 13.2. The fraction of sp³-hybridized carbons (Fsp3) is 0.667. The Labute approximate surface area is 167 Å². The van der Waals surface area contributed by atoms with Crippen LogP contribution in [0, 0.1) is 0 Å². The van der Waals surface area contributed by atoms with E-state index >= 15 is 0 Å². The molecule has 0 saturated carbocycles. The van der Waals surface area contributed by atoms with Crippen LogP contribution in [0.4, 0.5) is 0 Å². The molecule has 2 aliphatic heterocycles. The molecule has 0 aromatic heterocycles. The largest absolute Gasteiger partial charge is 0.497 e. The Balaban J connectivity index is 1.68. The second kappa shape index (κ2) is 10.6. The van der Waals surface area contributed by atoms with Crippen LogP contribution >= 0.6 is 0 Å². The van der Waals surface area contributed by atoms with Crippen LogP contribution in [0.2, 0.25) is 0 Å². The van der Waals surface area contributed by atoms with Gasteiger partial charge in [-0.2, -0.15) is 0 Å². The van der Waals surface area contributed by atoms with E-state index in [1.165, 1.54) is 0 Å².